The summed E-state index contributed by atoms with van der Waals surface area (Å²) in [5.74, 6) is -1.16. The van der Waals surface area contributed by atoms with Gasteiger partial charge in [-0.2, -0.15) is 0 Å². The van der Waals surface area contributed by atoms with Crippen LogP contribution >= 0.6 is 0 Å². The molecule has 156 valence electrons. The third kappa shape index (κ3) is 5.26. The number of para-hydroxylation sites is 2. The van der Waals surface area contributed by atoms with E-state index in [1.807, 2.05) is 0 Å². The van der Waals surface area contributed by atoms with Crippen LogP contribution in [-0.4, -0.2) is 32.7 Å². The first-order valence-corrected chi connectivity index (χ1v) is 10.3. The number of rotatable bonds is 9. The smallest absolute Gasteiger partial charge is 0.335 e. The third-order valence-electron chi connectivity index (χ3n) is 3.97. The van der Waals surface area contributed by atoms with Crippen LogP contribution in [0.15, 0.2) is 77.7 Å². The number of halogens is 1. The van der Waals surface area contributed by atoms with Gasteiger partial charge in [-0.25, -0.2) is 17.6 Å². The van der Waals surface area contributed by atoms with Crippen LogP contribution in [0, 0.1) is 5.82 Å². The number of carbonyl (C=O) groups is 1. The summed E-state index contributed by atoms with van der Waals surface area (Å²) in [5.41, 5.74) is 0.307. The van der Waals surface area contributed by atoms with Crippen LogP contribution in [0.4, 0.5) is 10.1 Å². The second kappa shape index (κ2) is 9.27. The highest BCUT2D eigenvalue weighted by atomic mass is 32.2. The highest BCUT2D eigenvalue weighted by Crippen LogP contribution is 2.27. The molecule has 7 nitrogen and oxygen atoms in total. The zero-order valence-electron chi connectivity index (χ0n) is 15.6. The lowest BCUT2D eigenvalue weighted by molar-refractivity contribution is 0.0697. The molecule has 0 unspecified atom stereocenters. The summed E-state index contributed by atoms with van der Waals surface area (Å²) in [7, 11) is -4.14. The minimum Gasteiger partial charge on any atom is -0.490 e. The molecule has 0 aliphatic rings. The van der Waals surface area contributed by atoms with Gasteiger partial charge in [-0.1, -0.05) is 24.3 Å². The second-order valence-electron chi connectivity index (χ2n) is 6.06. The Kier molecular flexibility index (Phi) is 6.53. The topological polar surface area (TPSA) is 102 Å². The molecule has 0 saturated heterocycles. The highest BCUT2D eigenvalue weighted by molar-refractivity contribution is 7.92. The summed E-state index contributed by atoms with van der Waals surface area (Å²) in [6.07, 6.45) is 0. The van der Waals surface area contributed by atoms with E-state index in [0.717, 1.165) is 6.07 Å². The summed E-state index contributed by atoms with van der Waals surface area (Å²) in [4.78, 5) is 10.4. The highest BCUT2D eigenvalue weighted by Gasteiger charge is 2.20. The molecule has 9 heteroatoms. The van der Waals surface area contributed by atoms with Crippen molar-refractivity contribution < 1.29 is 32.2 Å². The Hall–Kier alpha value is -3.59. The maximum absolute atomic E-state index is 13.9. The predicted octanol–water partition coefficient (Wildman–Crippen LogP) is 3.78. The molecule has 0 atom stereocenters. The van der Waals surface area contributed by atoms with Gasteiger partial charge in [-0.05, 0) is 48.5 Å². The van der Waals surface area contributed by atoms with Crippen LogP contribution in [-0.2, 0) is 10.0 Å². The third-order valence-corrected chi connectivity index (χ3v) is 5.37. The molecule has 0 heterocycles. The lowest BCUT2D eigenvalue weighted by Crippen LogP contribution is -2.16. The number of carboxylic acids is 1. The largest absolute Gasteiger partial charge is 0.490 e. The van der Waals surface area contributed by atoms with Crippen molar-refractivity contribution in [3.63, 3.8) is 0 Å². The fraction of sp³-hybridized carbons (Fsp3) is 0.0952. The molecule has 0 aromatic heterocycles. The van der Waals surface area contributed by atoms with E-state index in [1.165, 1.54) is 48.5 Å². The Labute approximate surface area is 172 Å². The molecular weight excluding hydrogens is 413 g/mol. The van der Waals surface area contributed by atoms with Crippen molar-refractivity contribution in [1.82, 2.24) is 0 Å². The predicted molar refractivity (Wildman–Crippen MR) is 108 cm³/mol. The summed E-state index contributed by atoms with van der Waals surface area (Å²) in [6.45, 7) is 0.236. The van der Waals surface area contributed by atoms with Gasteiger partial charge in [-0.15, -0.1) is 0 Å². The molecule has 3 rings (SSSR count). The number of ether oxygens (including phenoxy) is 2. The van der Waals surface area contributed by atoms with E-state index in [9.17, 15) is 17.6 Å². The second-order valence-corrected chi connectivity index (χ2v) is 7.71. The van der Waals surface area contributed by atoms with Crippen molar-refractivity contribution in [1.29, 1.82) is 0 Å². The molecule has 0 spiro atoms. The van der Waals surface area contributed by atoms with Gasteiger partial charge in [0, 0.05) is 0 Å². The van der Waals surface area contributed by atoms with Crippen molar-refractivity contribution in [3.05, 3.63) is 84.2 Å². The van der Waals surface area contributed by atoms with E-state index in [2.05, 4.69) is 4.72 Å². The van der Waals surface area contributed by atoms with E-state index in [4.69, 9.17) is 14.6 Å². The summed E-state index contributed by atoms with van der Waals surface area (Å²) >= 11 is 0. The zero-order chi connectivity index (χ0) is 21.6. The van der Waals surface area contributed by atoms with Gasteiger partial charge in [0.25, 0.3) is 10.0 Å². The molecule has 3 aromatic rings. The molecule has 0 amide bonds. The number of carboxylic acid groups (broad SMARTS) is 1. The SMILES string of the molecule is O=C(O)c1ccc(OCCOc2ccccc2NS(=O)(=O)c2ccccc2F)cc1. The van der Waals surface area contributed by atoms with Gasteiger partial charge in [0.2, 0.25) is 0 Å². The molecule has 0 fully saturated rings. The average molecular weight is 431 g/mol. The summed E-state index contributed by atoms with van der Waals surface area (Å²) in [6, 6.07) is 17.3. The van der Waals surface area contributed by atoms with Crippen molar-refractivity contribution in [3.8, 4) is 11.5 Å². The normalized spacial score (nSPS) is 11.0. The standard InChI is InChI=1S/C21H18FNO6S/c22-17-5-1-4-8-20(17)30(26,27)23-18-6-2-3-7-19(18)29-14-13-28-16-11-9-15(10-12-16)21(24)25/h1-12,23H,13-14H2,(H,24,25). The first-order chi connectivity index (χ1) is 14.4. The van der Waals surface area contributed by atoms with Gasteiger partial charge in [0.05, 0.1) is 11.3 Å². The van der Waals surface area contributed by atoms with Crippen molar-refractivity contribution in [2.24, 2.45) is 0 Å². The summed E-state index contributed by atoms with van der Waals surface area (Å²) in [5, 5.41) is 8.88. The minimum atomic E-state index is -4.14. The quantitative estimate of drug-likeness (QED) is 0.500. The maximum atomic E-state index is 13.9. The average Bonchev–Trinajstić information content (AvgIpc) is 2.72. The van der Waals surface area contributed by atoms with Crippen LogP contribution < -0.4 is 14.2 Å². The summed E-state index contributed by atoms with van der Waals surface area (Å²) < 4.78 is 52.3. The van der Waals surface area contributed by atoms with Gasteiger partial charge in [0.1, 0.15) is 35.4 Å². The van der Waals surface area contributed by atoms with E-state index < -0.39 is 26.7 Å². The molecular formula is C21H18FNO6S. The first kappa shape index (κ1) is 21.1. The van der Waals surface area contributed by atoms with Crippen molar-refractivity contribution in [2.75, 3.05) is 17.9 Å². The number of hydrogen-bond acceptors (Lipinski definition) is 5. The van der Waals surface area contributed by atoms with Crippen LogP contribution in [0.1, 0.15) is 10.4 Å². The number of hydrogen-bond donors (Lipinski definition) is 2. The molecule has 0 radical (unpaired) electrons. The van der Waals surface area contributed by atoms with Crippen molar-refractivity contribution in [2.45, 2.75) is 4.90 Å². The van der Waals surface area contributed by atoms with Gasteiger partial charge < -0.3 is 14.6 Å². The molecule has 0 saturated carbocycles. The molecule has 3 aromatic carbocycles. The number of benzene rings is 3. The number of nitrogens with one attached hydrogen (secondary N) is 1. The van der Waals surface area contributed by atoms with Crippen LogP contribution in [0.2, 0.25) is 0 Å². The first-order valence-electron chi connectivity index (χ1n) is 8.82. The Morgan fingerprint density at radius 2 is 1.53 bits per heavy atom. The van der Waals surface area contributed by atoms with E-state index >= 15 is 0 Å². The molecule has 2 N–H and O–H groups in total. The maximum Gasteiger partial charge on any atom is 0.335 e. The fourth-order valence-corrected chi connectivity index (χ4v) is 3.69. The minimum absolute atomic E-state index is 0.0964. The van der Waals surface area contributed by atoms with Crippen LogP contribution in [0.5, 0.6) is 11.5 Å². The Morgan fingerprint density at radius 3 is 2.23 bits per heavy atom. The Morgan fingerprint density at radius 1 is 0.900 bits per heavy atom. The molecule has 30 heavy (non-hydrogen) atoms. The van der Waals surface area contributed by atoms with E-state index in [0.29, 0.717) is 5.75 Å². The van der Waals surface area contributed by atoms with Crippen molar-refractivity contribution >= 4 is 21.7 Å². The lowest BCUT2D eigenvalue weighted by Gasteiger charge is -2.14. The Balaban J connectivity index is 1.61. The van der Waals surface area contributed by atoms with Crippen LogP contribution in [0.3, 0.4) is 0 Å². The van der Waals surface area contributed by atoms with Gasteiger partial charge >= 0.3 is 5.97 Å². The Bertz CT molecular complexity index is 1130. The van der Waals surface area contributed by atoms with E-state index in [-0.39, 0.29) is 30.2 Å². The fourth-order valence-electron chi connectivity index (χ4n) is 2.54. The van der Waals surface area contributed by atoms with E-state index in [1.54, 1.807) is 18.2 Å². The lowest BCUT2D eigenvalue weighted by atomic mass is 10.2. The number of sulfonamides is 1. The van der Waals surface area contributed by atoms with Gasteiger partial charge in [-0.3, -0.25) is 4.72 Å². The zero-order valence-corrected chi connectivity index (χ0v) is 16.4. The molecule has 0 aliphatic heterocycles. The monoisotopic (exact) mass is 431 g/mol. The number of aromatic carboxylic acids is 1. The molecule has 0 bridgehead atoms. The van der Waals surface area contributed by atoms with Crippen LogP contribution in [0.25, 0.3) is 0 Å². The number of anilines is 1. The molecule has 0 aliphatic carbocycles. The van der Waals surface area contributed by atoms with Gasteiger partial charge in [0.15, 0.2) is 0 Å².